The Kier molecular flexibility index (Phi) is 5.83. The molecule has 0 radical (unpaired) electrons. The summed E-state index contributed by atoms with van der Waals surface area (Å²) in [6.45, 7) is 8.41. The van der Waals surface area contributed by atoms with Crippen LogP contribution < -0.4 is 4.74 Å². The summed E-state index contributed by atoms with van der Waals surface area (Å²) >= 11 is 0. The molecule has 1 aliphatic heterocycles. The maximum atomic E-state index is 10.4. The number of ether oxygens (including phenoxy) is 1. The molecular formula is C16H26N2O2. The minimum atomic E-state index is -0.442. The minimum Gasteiger partial charge on any atom is -0.497 e. The number of methoxy groups -OCH3 is 1. The van der Waals surface area contributed by atoms with E-state index in [2.05, 4.69) is 16.7 Å². The lowest BCUT2D eigenvalue weighted by molar-refractivity contribution is 0.0725. The molecule has 1 fully saturated rings. The molecule has 4 heteroatoms. The van der Waals surface area contributed by atoms with E-state index in [0.717, 1.165) is 37.5 Å². The van der Waals surface area contributed by atoms with Gasteiger partial charge in [0.15, 0.2) is 0 Å². The molecular weight excluding hydrogens is 252 g/mol. The van der Waals surface area contributed by atoms with Crippen LogP contribution in [0, 0.1) is 0 Å². The molecule has 0 aromatic heterocycles. The monoisotopic (exact) mass is 278 g/mol. The van der Waals surface area contributed by atoms with Crippen LogP contribution in [0.5, 0.6) is 5.75 Å². The Hall–Kier alpha value is -1.10. The van der Waals surface area contributed by atoms with E-state index < -0.39 is 6.10 Å². The Bertz CT molecular complexity index is 403. The van der Waals surface area contributed by atoms with E-state index in [1.807, 2.05) is 24.3 Å². The van der Waals surface area contributed by atoms with Crippen LogP contribution in [0.3, 0.4) is 0 Å². The van der Waals surface area contributed by atoms with Crippen molar-refractivity contribution in [1.29, 1.82) is 0 Å². The zero-order chi connectivity index (χ0) is 14.4. The first-order valence-electron chi connectivity index (χ1n) is 7.49. The number of aliphatic hydroxyl groups excluding tert-OH is 1. The van der Waals surface area contributed by atoms with Crippen molar-refractivity contribution in [2.45, 2.75) is 19.4 Å². The van der Waals surface area contributed by atoms with Crippen LogP contribution in [-0.4, -0.2) is 61.3 Å². The molecule has 0 amide bonds. The maximum absolute atomic E-state index is 10.4. The zero-order valence-electron chi connectivity index (χ0n) is 12.6. The highest BCUT2D eigenvalue weighted by Crippen LogP contribution is 2.20. The van der Waals surface area contributed by atoms with Crippen molar-refractivity contribution >= 4 is 0 Å². The van der Waals surface area contributed by atoms with Crippen LogP contribution in [0.2, 0.25) is 0 Å². The molecule has 1 atom stereocenters. The third-order valence-electron chi connectivity index (χ3n) is 3.91. The Morgan fingerprint density at radius 2 is 1.90 bits per heavy atom. The molecule has 1 aliphatic rings. The first kappa shape index (κ1) is 15.3. The van der Waals surface area contributed by atoms with Gasteiger partial charge >= 0.3 is 0 Å². The molecule has 0 saturated carbocycles. The average Bonchev–Trinajstić information content (AvgIpc) is 2.49. The van der Waals surface area contributed by atoms with Crippen LogP contribution in [0.25, 0.3) is 0 Å². The predicted octanol–water partition coefficient (Wildman–Crippen LogP) is 1.76. The van der Waals surface area contributed by atoms with Gasteiger partial charge in [-0.25, -0.2) is 0 Å². The van der Waals surface area contributed by atoms with Crippen molar-refractivity contribution < 1.29 is 9.84 Å². The average molecular weight is 278 g/mol. The van der Waals surface area contributed by atoms with E-state index in [1.165, 1.54) is 13.0 Å². The number of rotatable bonds is 6. The summed E-state index contributed by atoms with van der Waals surface area (Å²) < 4.78 is 5.20. The van der Waals surface area contributed by atoms with Crippen molar-refractivity contribution in [1.82, 2.24) is 9.80 Å². The largest absolute Gasteiger partial charge is 0.497 e. The van der Waals surface area contributed by atoms with Gasteiger partial charge in [-0.2, -0.15) is 0 Å². The smallest absolute Gasteiger partial charge is 0.119 e. The highest BCUT2D eigenvalue weighted by Gasteiger charge is 2.19. The third-order valence-corrected chi connectivity index (χ3v) is 3.91. The first-order chi connectivity index (χ1) is 9.72. The van der Waals surface area contributed by atoms with Gasteiger partial charge in [0.05, 0.1) is 13.2 Å². The van der Waals surface area contributed by atoms with Gasteiger partial charge in [-0.15, -0.1) is 0 Å². The molecule has 0 bridgehead atoms. The van der Waals surface area contributed by atoms with E-state index in [0.29, 0.717) is 6.54 Å². The van der Waals surface area contributed by atoms with Gasteiger partial charge in [0, 0.05) is 32.7 Å². The molecule has 112 valence electrons. The number of hydrogen-bond donors (Lipinski definition) is 1. The minimum absolute atomic E-state index is 0.442. The second-order valence-electron chi connectivity index (χ2n) is 5.43. The number of benzene rings is 1. The Balaban J connectivity index is 1.84. The summed E-state index contributed by atoms with van der Waals surface area (Å²) in [5, 5.41) is 10.4. The SMILES string of the molecule is CCCN1CCN(CC(O)c2cccc(OC)c2)CC1. The van der Waals surface area contributed by atoms with E-state index >= 15 is 0 Å². The molecule has 20 heavy (non-hydrogen) atoms. The highest BCUT2D eigenvalue weighted by molar-refractivity contribution is 5.29. The van der Waals surface area contributed by atoms with Gasteiger partial charge in [-0.05, 0) is 30.7 Å². The molecule has 0 spiro atoms. The Morgan fingerprint density at radius 1 is 1.20 bits per heavy atom. The number of hydrogen-bond acceptors (Lipinski definition) is 4. The Labute approximate surface area is 122 Å². The van der Waals surface area contributed by atoms with Crippen LogP contribution in [0.15, 0.2) is 24.3 Å². The van der Waals surface area contributed by atoms with E-state index in [4.69, 9.17) is 4.74 Å². The van der Waals surface area contributed by atoms with E-state index in [9.17, 15) is 5.11 Å². The number of aliphatic hydroxyl groups is 1. The fourth-order valence-electron chi connectivity index (χ4n) is 2.71. The summed E-state index contributed by atoms with van der Waals surface area (Å²) in [6, 6.07) is 7.70. The number of piperazine rings is 1. The van der Waals surface area contributed by atoms with E-state index in [-0.39, 0.29) is 0 Å². The molecule has 1 unspecified atom stereocenters. The summed E-state index contributed by atoms with van der Waals surface area (Å²) in [4.78, 5) is 4.84. The van der Waals surface area contributed by atoms with Gasteiger partial charge in [-0.3, -0.25) is 4.90 Å². The van der Waals surface area contributed by atoms with Crippen molar-refractivity contribution in [2.75, 3.05) is 46.4 Å². The van der Waals surface area contributed by atoms with E-state index in [1.54, 1.807) is 7.11 Å². The quantitative estimate of drug-likeness (QED) is 0.860. The lowest BCUT2D eigenvalue weighted by Gasteiger charge is -2.35. The maximum Gasteiger partial charge on any atom is 0.119 e. The van der Waals surface area contributed by atoms with Crippen molar-refractivity contribution in [3.05, 3.63) is 29.8 Å². The third kappa shape index (κ3) is 4.20. The second-order valence-corrected chi connectivity index (χ2v) is 5.43. The molecule has 1 N–H and O–H groups in total. The fourth-order valence-corrected chi connectivity index (χ4v) is 2.71. The predicted molar refractivity (Wildman–Crippen MR) is 81.1 cm³/mol. The molecule has 1 aromatic rings. The summed E-state index contributed by atoms with van der Waals surface area (Å²) in [7, 11) is 1.65. The molecule has 1 aromatic carbocycles. The van der Waals surface area contributed by atoms with Crippen molar-refractivity contribution in [2.24, 2.45) is 0 Å². The molecule has 0 aliphatic carbocycles. The zero-order valence-corrected chi connectivity index (χ0v) is 12.6. The molecule has 1 heterocycles. The van der Waals surface area contributed by atoms with Gasteiger partial charge in [0.25, 0.3) is 0 Å². The molecule has 2 rings (SSSR count). The first-order valence-corrected chi connectivity index (χ1v) is 7.49. The highest BCUT2D eigenvalue weighted by atomic mass is 16.5. The number of nitrogens with zero attached hydrogens (tertiary/aromatic N) is 2. The molecule has 4 nitrogen and oxygen atoms in total. The van der Waals surface area contributed by atoms with Gasteiger partial charge in [0.1, 0.15) is 5.75 Å². The van der Waals surface area contributed by atoms with Crippen LogP contribution in [0.4, 0.5) is 0 Å². The van der Waals surface area contributed by atoms with Crippen LogP contribution >= 0.6 is 0 Å². The second kappa shape index (κ2) is 7.62. The summed E-state index contributed by atoms with van der Waals surface area (Å²) in [5.74, 6) is 0.800. The number of β-amino-alcohol motifs (C(OH)–C–C–N with tert-alkyl or cyclic N) is 1. The summed E-state index contributed by atoms with van der Waals surface area (Å²) in [6.07, 6.45) is 0.773. The van der Waals surface area contributed by atoms with Crippen LogP contribution in [0.1, 0.15) is 25.0 Å². The lowest BCUT2D eigenvalue weighted by Crippen LogP contribution is -2.47. The fraction of sp³-hybridized carbons (Fsp3) is 0.625. The van der Waals surface area contributed by atoms with Gasteiger partial charge < -0.3 is 14.7 Å². The van der Waals surface area contributed by atoms with Gasteiger partial charge in [-0.1, -0.05) is 19.1 Å². The Morgan fingerprint density at radius 3 is 2.55 bits per heavy atom. The van der Waals surface area contributed by atoms with Gasteiger partial charge in [0.2, 0.25) is 0 Å². The summed E-state index contributed by atoms with van der Waals surface area (Å²) in [5.41, 5.74) is 0.931. The van der Waals surface area contributed by atoms with Crippen molar-refractivity contribution in [3.63, 3.8) is 0 Å². The topological polar surface area (TPSA) is 35.9 Å². The standard InChI is InChI=1S/C16H26N2O2/c1-3-7-17-8-10-18(11-9-17)13-16(19)14-5-4-6-15(12-14)20-2/h4-6,12,16,19H,3,7-11,13H2,1-2H3. The van der Waals surface area contributed by atoms with Crippen LogP contribution in [-0.2, 0) is 0 Å². The normalized spacial score (nSPS) is 18.9. The lowest BCUT2D eigenvalue weighted by atomic mass is 10.1. The molecule has 1 saturated heterocycles. The van der Waals surface area contributed by atoms with Crippen molar-refractivity contribution in [3.8, 4) is 5.75 Å².